The normalized spacial score (nSPS) is 11.9. The van der Waals surface area contributed by atoms with Crippen LogP contribution in [0.1, 0.15) is 13.3 Å². The minimum Gasteiger partial charge on any atom is -0.496 e. The summed E-state index contributed by atoms with van der Waals surface area (Å²) in [5, 5.41) is 14.1. The second-order valence-corrected chi connectivity index (χ2v) is 4.79. The molecule has 0 aliphatic heterocycles. The van der Waals surface area contributed by atoms with Crippen LogP contribution in [-0.2, 0) is 0 Å². The summed E-state index contributed by atoms with van der Waals surface area (Å²) < 4.78 is 5.07. The van der Waals surface area contributed by atoms with Gasteiger partial charge in [0.15, 0.2) is 0 Å². The van der Waals surface area contributed by atoms with Crippen molar-refractivity contribution in [2.75, 3.05) is 24.4 Å². The van der Waals surface area contributed by atoms with Gasteiger partial charge < -0.3 is 10.1 Å². The molecule has 1 N–H and O–H groups in total. The van der Waals surface area contributed by atoms with Gasteiger partial charge in [-0.15, -0.1) is 0 Å². The number of hydrogen-bond donors (Lipinski definition) is 1. The number of benzene rings is 1. The number of nitrogens with one attached hydrogen (secondary N) is 1. The number of nitrogens with zero attached hydrogens (tertiary/aromatic N) is 1. The van der Waals surface area contributed by atoms with Gasteiger partial charge in [-0.1, -0.05) is 6.92 Å². The number of nitro groups is 1. The van der Waals surface area contributed by atoms with Crippen molar-refractivity contribution in [2.24, 2.45) is 0 Å². The highest BCUT2D eigenvalue weighted by molar-refractivity contribution is 7.98. The molecule has 0 saturated heterocycles. The average molecular weight is 270 g/mol. The molecule has 5 nitrogen and oxygen atoms in total. The van der Waals surface area contributed by atoms with Crippen LogP contribution < -0.4 is 10.1 Å². The van der Waals surface area contributed by atoms with Crippen molar-refractivity contribution in [3.63, 3.8) is 0 Å². The summed E-state index contributed by atoms with van der Waals surface area (Å²) in [6.07, 6.45) is 3.00. The molecule has 0 fully saturated rings. The Hall–Kier alpha value is -1.43. The molecule has 1 unspecified atom stereocenters. The Morgan fingerprint density at radius 3 is 2.72 bits per heavy atom. The van der Waals surface area contributed by atoms with Crippen LogP contribution in [0.25, 0.3) is 0 Å². The number of rotatable bonds is 7. The molecular formula is C12H18N2O3S. The number of ether oxygens (including phenoxy) is 1. The quantitative estimate of drug-likeness (QED) is 0.609. The number of non-ortho nitro benzene ring substituents is 1. The van der Waals surface area contributed by atoms with Crippen molar-refractivity contribution in [1.82, 2.24) is 0 Å². The second kappa shape index (κ2) is 7.10. The molecule has 1 atom stereocenters. The van der Waals surface area contributed by atoms with Gasteiger partial charge >= 0.3 is 0 Å². The van der Waals surface area contributed by atoms with Crippen LogP contribution in [0.4, 0.5) is 11.4 Å². The van der Waals surface area contributed by atoms with Crippen molar-refractivity contribution < 1.29 is 9.66 Å². The average Bonchev–Trinajstić information content (AvgIpc) is 2.37. The van der Waals surface area contributed by atoms with Crippen molar-refractivity contribution in [2.45, 2.75) is 19.4 Å². The summed E-state index contributed by atoms with van der Waals surface area (Å²) in [6, 6.07) is 5.02. The molecule has 0 bridgehead atoms. The number of nitro benzene ring substituents is 1. The Bertz CT molecular complexity index is 412. The summed E-state index contributed by atoms with van der Waals surface area (Å²) in [4.78, 5) is 10.4. The molecule has 0 radical (unpaired) electrons. The molecule has 0 spiro atoms. The van der Waals surface area contributed by atoms with Gasteiger partial charge in [0.05, 0.1) is 18.1 Å². The van der Waals surface area contributed by atoms with E-state index in [-0.39, 0.29) is 5.69 Å². The van der Waals surface area contributed by atoms with Crippen LogP contribution >= 0.6 is 11.8 Å². The predicted molar refractivity (Wildman–Crippen MR) is 75.7 cm³/mol. The van der Waals surface area contributed by atoms with Crippen LogP contribution in [0.3, 0.4) is 0 Å². The molecular weight excluding hydrogens is 252 g/mol. The van der Waals surface area contributed by atoms with E-state index in [1.54, 1.807) is 17.8 Å². The van der Waals surface area contributed by atoms with Crippen molar-refractivity contribution in [3.8, 4) is 5.75 Å². The smallest absolute Gasteiger partial charge is 0.275 e. The third-order valence-electron chi connectivity index (χ3n) is 2.57. The molecule has 1 aromatic carbocycles. The molecule has 0 aliphatic carbocycles. The first-order valence-electron chi connectivity index (χ1n) is 5.69. The molecule has 100 valence electrons. The zero-order chi connectivity index (χ0) is 13.5. The van der Waals surface area contributed by atoms with E-state index in [1.807, 2.05) is 6.26 Å². The number of hydrogen-bond acceptors (Lipinski definition) is 5. The minimum atomic E-state index is -0.413. The maximum Gasteiger partial charge on any atom is 0.275 e. The van der Waals surface area contributed by atoms with E-state index in [2.05, 4.69) is 12.2 Å². The van der Waals surface area contributed by atoms with E-state index < -0.39 is 4.92 Å². The largest absolute Gasteiger partial charge is 0.496 e. The Labute approximate surface area is 111 Å². The van der Waals surface area contributed by atoms with Gasteiger partial charge in [-0.2, -0.15) is 11.8 Å². The van der Waals surface area contributed by atoms with Gasteiger partial charge in [0, 0.05) is 29.6 Å². The molecule has 18 heavy (non-hydrogen) atoms. The van der Waals surface area contributed by atoms with E-state index in [0.29, 0.717) is 11.8 Å². The van der Waals surface area contributed by atoms with E-state index in [1.165, 1.54) is 19.2 Å². The van der Waals surface area contributed by atoms with E-state index in [9.17, 15) is 10.1 Å². The van der Waals surface area contributed by atoms with Crippen molar-refractivity contribution in [3.05, 3.63) is 28.3 Å². The van der Waals surface area contributed by atoms with Gasteiger partial charge in [-0.3, -0.25) is 10.1 Å². The lowest BCUT2D eigenvalue weighted by Crippen LogP contribution is -2.21. The predicted octanol–water partition coefficient (Wildman–Crippen LogP) is 3.16. The number of anilines is 1. The fourth-order valence-corrected chi connectivity index (χ4v) is 2.31. The van der Waals surface area contributed by atoms with E-state index in [4.69, 9.17) is 4.74 Å². The molecule has 0 saturated carbocycles. The van der Waals surface area contributed by atoms with E-state index in [0.717, 1.165) is 17.9 Å². The second-order valence-electron chi connectivity index (χ2n) is 3.88. The highest BCUT2D eigenvalue weighted by atomic mass is 32.2. The lowest BCUT2D eigenvalue weighted by atomic mass is 10.2. The first kappa shape index (κ1) is 14.6. The Kier molecular flexibility index (Phi) is 5.77. The lowest BCUT2D eigenvalue weighted by molar-refractivity contribution is -0.384. The third kappa shape index (κ3) is 4.10. The first-order chi connectivity index (χ1) is 8.60. The van der Waals surface area contributed by atoms with Crippen LogP contribution in [-0.4, -0.2) is 30.1 Å². The van der Waals surface area contributed by atoms with Crippen molar-refractivity contribution >= 4 is 23.1 Å². The fraction of sp³-hybridized carbons (Fsp3) is 0.500. The summed E-state index contributed by atoms with van der Waals surface area (Å²) in [7, 11) is 1.50. The monoisotopic (exact) mass is 270 g/mol. The summed E-state index contributed by atoms with van der Waals surface area (Å²) in [6.45, 7) is 2.09. The number of methoxy groups -OCH3 is 1. The molecule has 0 heterocycles. The van der Waals surface area contributed by atoms with Crippen LogP contribution in [0.5, 0.6) is 5.75 Å². The molecule has 1 aromatic rings. The van der Waals surface area contributed by atoms with Gasteiger partial charge in [0.25, 0.3) is 5.69 Å². The zero-order valence-electron chi connectivity index (χ0n) is 10.8. The van der Waals surface area contributed by atoms with Gasteiger partial charge in [0.2, 0.25) is 0 Å². The minimum absolute atomic E-state index is 0.0378. The van der Waals surface area contributed by atoms with Crippen LogP contribution in [0, 0.1) is 10.1 Å². The van der Waals surface area contributed by atoms with Crippen LogP contribution in [0.15, 0.2) is 18.2 Å². The Balaban J connectivity index is 2.93. The maximum atomic E-state index is 10.8. The Morgan fingerprint density at radius 2 is 2.22 bits per heavy atom. The third-order valence-corrected chi connectivity index (χ3v) is 3.30. The van der Waals surface area contributed by atoms with Gasteiger partial charge in [-0.05, 0) is 12.7 Å². The lowest BCUT2D eigenvalue weighted by Gasteiger charge is -2.17. The SMILES string of the molecule is CCC(CSC)Nc1cc(OC)cc([N+](=O)[O-])c1. The van der Waals surface area contributed by atoms with Gasteiger partial charge in [-0.25, -0.2) is 0 Å². The molecule has 6 heteroatoms. The van der Waals surface area contributed by atoms with Gasteiger partial charge in [0.1, 0.15) is 5.75 Å². The van der Waals surface area contributed by atoms with Crippen molar-refractivity contribution in [1.29, 1.82) is 0 Å². The Morgan fingerprint density at radius 1 is 1.50 bits per heavy atom. The zero-order valence-corrected chi connectivity index (χ0v) is 11.6. The maximum absolute atomic E-state index is 10.8. The molecule has 1 rings (SSSR count). The first-order valence-corrected chi connectivity index (χ1v) is 7.09. The number of thioether (sulfide) groups is 1. The fourth-order valence-electron chi connectivity index (χ4n) is 1.59. The molecule has 0 amide bonds. The summed E-state index contributed by atoms with van der Waals surface area (Å²) in [5.74, 6) is 1.45. The summed E-state index contributed by atoms with van der Waals surface area (Å²) >= 11 is 1.75. The molecule has 0 aliphatic rings. The highest BCUT2D eigenvalue weighted by Gasteiger charge is 2.12. The van der Waals surface area contributed by atoms with E-state index >= 15 is 0 Å². The topological polar surface area (TPSA) is 64.4 Å². The summed E-state index contributed by atoms with van der Waals surface area (Å²) in [5.41, 5.74) is 0.762. The highest BCUT2D eigenvalue weighted by Crippen LogP contribution is 2.26. The molecule has 0 aromatic heterocycles. The van der Waals surface area contributed by atoms with Crippen LogP contribution in [0.2, 0.25) is 0 Å². The standard InChI is InChI=1S/C12H18N2O3S/c1-4-9(8-18-3)13-10-5-11(14(15)16)7-12(6-10)17-2/h5-7,9,13H,4,8H2,1-3H3.